The predicted octanol–water partition coefficient (Wildman–Crippen LogP) is 4.38. The van der Waals surface area contributed by atoms with Crippen molar-refractivity contribution in [1.29, 1.82) is 0 Å². The van der Waals surface area contributed by atoms with E-state index in [1.807, 2.05) is 45.0 Å². The molecular formula is C22H22ClN3O2. The lowest BCUT2D eigenvalue weighted by Crippen LogP contribution is -2.30. The van der Waals surface area contributed by atoms with Gasteiger partial charge in [-0.1, -0.05) is 42.8 Å². The van der Waals surface area contributed by atoms with Crippen LogP contribution in [0.4, 0.5) is 5.69 Å². The lowest BCUT2D eigenvalue weighted by atomic mass is 10.1. The van der Waals surface area contributed by atoms with E-state index in [1.54, 1.807) is 18.2 Å². The van der Waals surface area contributed by atoms with Crippen molar-refractivity contribution >= 4 is 23.2 Å². The van der Waals surface area contributed by atoms with Crippen LogP contribution >= 0.6 is 11.6 Å². The monoisotopic (exact) mass is 395 g/mol. The summed E-state index contributed by atoms with van der Waals surface area (Å²) in [5.74, 6) is 0.146. The van der Waals surface area contributed by atoms with Crippen LogP contribution in [0.15, 0.2) is 53.3 Å². The van der Waals surface area contributed by atoms with E-state index in [4.69, 9.17) is 11.6 Å². The highest BCUT2D eigenvalue weighted by molar-refractivity contribution is 6.30. The van der Waals surface area contributed by atoms with Gasteiger partial charge in [-0.05, 0) is 49.6 Å². The van der Waals surface area contributed by atoms with Gasteiger partial charge in [-0.25, -0.2) is 4.98 Å². The third kappa shape index (κ3) is 4.31. The van der Waals surface area contributed by atoms with Crippen molar-refractivity contribution in [2.75, 3.05) is 5.32 Å². The number of benzene rings is 2. The standard InChI is InChI=1S/C22H22ClN3O2/c1-4-18-12-21(28)26(22(24-18)16-8-6-9-17(23)11-16)13-20(27)25-19-10-5-7-14(2)15(19)3/h5-12H,4,13H2,1-3H3,(H,25,27). The molecular weight excluding hydrogens is 374 g/mol. The van der Waals surface area contributed by atoms with Crippen LogP contribution in [0.5, 0.6) is 0 Å². The van der Waals surface area contributed by atoms with Crippen molar-refractivity contribution in [3.8, 4) is 11.4 Å². The van der Waals surface area contributed by atoms with Crippen molar-refractivity contribution in [2.45, 2.75) is 33.7 Å². The summed E-state index contributed by atoms with van der Waals surface area (Å²) in [5, 5.41) is 3.43. The molecule has 0 aliphatic heterocycles. The Labute approximate surface area is 169 Å². The number of amides is 1. The van der Waals surface area contributed by atoms with Gasteiger partial charge in [0.15, 0.2) is 0 Å². The second kappa shape index (κ2) is 8.40. The summed E-state index contributed by atoms with van der Waals surface area (Å²) in [7, 11) is 0. The first-order chi connectivity index (χ1) is 13.4. The zero-order valence-corrected chi connectivity index (χ0v) is 16.9. The van der Waals surface area contributed by atoms with E-state index in [0.717, 1.165) is 16.8 Å². The van der Waals surface area contributed by atoms with Crippen LogP contribution in [0.2, 0.25) is 5.02 Å². The normalized spacial score (nSPS) is 10.7. The van der Waals surface area contributed by atoms with Crippen LogP contribution in [-0.4, -0.2) is 15.5 Å². The molecule has 0 unspecified atom stereocenters. The van der Waals surface area contributed by atoms with Crippen molar-refractivity contribution in [3.63, 3.8) is 0 Å². The lowest BCUT2D eigenvalue weighted by molar-refractivity contribution is -0.116. The molecule has 3 aromatic rings. The summed E-state index contributed by atoms with van der Waals surface area (Å²) >= 11 is 6.11. The summed E-state index contributed by atoms with van der Waals surface area (Å²) in [6.07, 6.45) is 0.623. The Balaban J connectivity index is 1.98. The van der Waals surface area contributed by atoms with Gasteiger partial charge in [-0.15, -0.1) is 0 Å². The third-order valence-electron chi connectivity index (χ3n) is 4.69. The van der Waals surface area contributed by atoms with Gasteiger partial charge < -0.3 is 5.32 Å². The quantitative estimate of drug-likeness (QED) is 0.697. The van der Waals surface area contributed by atoms with Gasteiger partial charge in [0.1, 0.15) is 12.4 Å². The summed E-state index contributed by atoms with van der Waals surface area (Å²) in [6.45, 7) is 5.73. The highest BCUT2D eigenvalue weighted by Crippen LogP contribution is 2.21. The molecule has 2 aromatic carbocycles. The molecule has 0 saturated carbocycles. The minimum absolute atomic E-state index is 0.134. The highest BCUT2D eigenvalue weighted by Gasteiger charge is 2.15. The van der Waals surface area contributed by atoms with Gasteiger partial charge in [0, 0.05) is 28.0 Å². The fourth-order valence-electron chi connectivity index (χ4n) is 2.96. The SMILES string of the molecule is CCc1cc(=O)n(CC(=O)Nc2cccc(C)c2C)c(-c2cccc(Cl)c2)n1. The van der Waals surface area contributed by atoms with Crippen LogP contribution in [0.1, 0.15) is 23.7 Å². The molecule has 1 N–H and O–H groups in total. The molecule has 0 bridgehead atoms. The Kier molecular flexibility index (Phi) is 5.95. The first kappa shape index (κ1) is 19.8. The number of carbonyl (C=O) groups is 1. The molecule has 0 fully saturated rings. The molecule has 0 saturated heterocycles. The minimum atomic E-state index is -0.287. The average molecular weight is 396 g/mol. The molecule has 0 aliphatic carbocycles. The van der Waals surface area contributed by atoms with E-state index in [1.165, 1.54) is 10.6 Å². The average Bonchev–Trinajstić information content (AvgIpc) is 2.66. The van der Waals surface area contributed by atoms with Crippen molar-refractivity contribution in [1.82, 2.24) is 9.55 Å². The second-order valence-electron chi connectivity index (χ2n) is 6.66. The van der Waals surface area contributed by atoms with Crippen LogP contribution < -0.4 is 10.9 Å². The summed E-state index contributed by atoms with van der Waals surface area (Å²) in [4.78, 5) is 30.0. The number of hydrogen-bond acceptors (Lipinski definition) is 3. The van der Waals surface area contributed by atoms with E-state index in [2.05, 4.69) is 10.3 Å². The first-order valence-corrected chi connectivity index (χ1v) is 9.49. The number of hydrogen-bond donors (Lipinski definition) is 1. The number of nitrogens with one attached hydrogen (secondary N) is 1. The van der Waals surface area contributed by atoms with E-state index < -0.39 is 0 Å². The van der Waals surface area contributed by atoms with E-state index in [-0.39, 0.29) is 18.0 Å². The summed E-state index contributed by atoms with van der Waals surface area (Å²) in [6, 6.07) is 14.3. The number of aryl methyl sites for hydroxylation is 2. The number of halogens is 1. The van der Waals surface area contributed by atoms with Crippen molar-refractivity contribution < 1.29 is 4.79 Å². The Morgan fingerprint density at radius 3 is 2.61 bits per heavy atom. The van der Waals surface area contributed by atoms with E-state index in [0.29, 0.717) is 28.5 Å². The summed E-state index contributed by atoms with van der Waals surface area (Å²) in [5.41, 5.74) is 3.92. The maximum atomic E-state index is 12.7. The number of aromatic nitrogens is 2. The van der Waals surface area contributed by atoms with Crippen LogP contribution in [0.25, 0.3) is 11.4 Å². The predicted molar refractivity (Wildman–Crippen MR) is 113 cm³/mol. The van der Waals surface area contributed by atoms with Gasteiger partial charge in [-0.3, -0.25) is 14.2 Å². The number of carbonyl (C=O) groups excluding carboxylic acids is 1. The summed E-state index contributed by atoms with van der Waals surface area (Å²) < 4.78 is 1.38. The molecule has 0 spiro atoms. The fourth-order valence-corrected chi connectivity index (χ4v) is 3.15. The Hall–Kier alpha value is -2.92. The Morgan fingerprint density at radius 2 is 1.89 bits per heavy atom. The molecule has 6 heteroatoms. The molecule has 28 heavy (non-hydrogen) atoms. The zero-order chi connectivity index (χ0) is 20.3. The third-order valence-corrected chi connectivity index (χ3v) is 4.92. The molecule has 1 amide bonds. The number of nitrogens with zero attached hydrogens (tertiary/aromatic N) is 2. The molecule has 0 aliphatic rings. The molecule has 5 nitrogen and oxygen atoms in total. The minimum Gasteiger partial charge on any atom is -0.324 e. The Morgan fingerprint density at radius 1 is 1.14 bits per heavy atom. The Bertz CT molecular complexity index is 1090. The topological polar surface area (TPSA) is 64.0 Å². The molecule has 0 atom stereocenters. The van der Waals surface area contributed by atoms with Crippen LogP contribution in [0, 0.1) is 13.8 Å². The lowest BCUT2D eigenvalue weighted by Gasteiger charge is -2.15. The zero-order valence-electron chi connectivity index (χ0n) is 16.1. The van der Waals surface area contributed by atoms with Gasteiger partial charge in [0.2, 0.25) is 5.91 Å². The molecule has 3 rings (SSSR count). The number of rotatable bonds is 5. The first-order valence-electron chi connectivity index (χ1n) is 9.11. The van der Waals surface area contributed by atoms with Gasteiger partial charge in [-0.2, -0.15) is 0 Å². The maximum absolute atomic E-state index is 12.7. The number of anilines is 1. The fraction of sp³-hybridized carbons (Fsp3) is 0.227. The maximum Gasteiger partial charge on any atom is 0.254 e. The largest absolute Gasteiger partial charge is 0.324 e. The second-order valence-corrected chi connectivity index (χ2v) is 7.09. The molecule has 0 radical (unpaired) electrons. The van der Waals surface area contributed by atoms with E-state index >= 15 is 0 Å². The highest BCUT2D eigenvalue weighted by atomic mass is 35.5. The van der Waals surface area contributed by atoms with Crippen molar-refractivity contribution in [3.05, 3.63) is 80.7 Å². The van der Waals surface area contributed by atoms with E-state index in [9.17, 15) is 9.59 Å². The van der Waals surface area contributed by atoms with Crippen LogP contribution in [-0.2, 0) is 17.8 Å². The van der Waals surface area contributed by atoms with Gasteiger partial charge in [0.05, 0.1) is 0 Å². The molecule has 144 valence electrons. The van der Waals surface area contributed by atoms with Crippen molar-refractivity contribution in [2.24, 2.45) is 0 Å². The van der Waals surface area contributed by atoms with Gasteiger partial charge in [0.25, 0.3) is 5.56 Å². The van der Waals surface area contributed by atoms with Gasteiger partial charge >= 0.3 is 0 Å². The van der Waals surface area contributed by atoms with Crippen LogP contribution in [0.3, 0.4) is 0 Å². The molecule has 1 aromatic heterocycles. The molecule has 1 heterocycles. The smallest absolute Gasteiger partial charge is 0.254 e.